The lowest BCUT2D eigenvalue weighted by molar-refractivity contribution is -0.164. The second-order valence-corrected chi connectivity index (χ2v) is 4.78. The first-order valence-corrected chi connectivity index (χ1v) is 6.00. The zero-order chi connectivity index (χ0) is 12.3. The van der Waals surface area contributed by atoms with Gasteiger partial charge in [-0.1, -0.05) is 18.2 Å². The second kappa shape index (κ2) is 4.79. The average Bonchev–Trinajstić information content (AvgIpc) is 2.69. The summed E-state index contributed by atoms with van der Waals surface area (Å²) >= 11 is 0.974. The molecule has 1 unspecified atom stereocenters. The van der Waals surface area contributed by atoms with Crippen LogP contribution in [0.2, 0.25) is 0 Å². The summed E-state index contributed by atoms with van der Waals surface area (Å²) in [4.78, 5) is 23.6. The van der Waals surface area contributed by atoms with E-state index < -0.39 is 11.6 Å². The van der Waals surface area contributed by atoms with Gasteiger partial charge >= 0.3 is 11.9 Å². The van der Waals surface area contributed by atoms with Gasteiger partial charge in [0.05, 0.1) is 12.0 Å². The van der Waals surface area contributed by atoms with Crippen molar-refractivity contribution in [3.63, 3.8) is 0 Å². The van der Waals surface area contributed by atoms with Crippen LogP contribution in [0.4, 0.5) is 0 Å². The summed E-state index contributed by atoms with van der Waals surface area (Å²) in [5, 5.41) is 0. The van der Waals surface area contributed by atoms with E-state index in [1.165, 1.54) is 0 Å². The van der Waals surface area contributed by atoms with E-state index in [0.29, 0.717) is 6.42 Å². The van der Waals surface area contributed by atoms with Gasteiger partial charge in [-0.2, -0.15) is 0 Å². The molecule has 0 spiro atoms. The molecule has 0 amide bonds. The Balaban J connectivity index is 1.92. The minimum Gasteiger partial charge on any atom is -0.447 e. The summed E-state index contributed by atoms with van der Waals surface area (Å²) in [5.74, 6) is -0.869. The summed E-state index contributed by atoms with van der Waals surface area (Å²) in [6, 6.07) is 9.26. The SMILES string of the molecule is CC1(C(=O)OSc2ccccc2)CCC(=O)O1. The van der Waals surface area contributed by atoms with Gasteiger partial charge in [-0.3, -0.25) is 4.79 Å². The van der Waals surface area contributed by atoms with Crippen molar-refractivity contribution in [2.75, 3.05) is 0 Å². The fourth-order valence-electron chi connectivity index (χ4n) is 1.49. The molecule has 0 aromatic heterocycles. The molecule has 0 aliphatic carbocycles. The molecule has 1 saturated heterocycles. The summed E-state index contributed by atoms with van der Waals surface area (Å²) in [6.07, 6.45) is 0.640. The molecule has 1 aliphatic heterocycles. The normalized spacial score (nSPS) is 23.2. The Kier molecular flexibility index (Phi) is 3.38. The molecule has 1 fully saturated rings. The third-order valence-corrected chi connectivity index (χ3v) is 3.23. The van der Waals surface area contributed by atoms with Crippen LogP contribution in [-0.4, -0.2) is 17.5 Å². The number of rotatable bonds is 3. The van der Waals surface area contributed by atoms with Gasteiger partial charge < -0.3 is 8.92 Å². The Bertz CT molecular complexity index is 431. The Morgan fingerprint density at radius 1 is 1.41 bits per heavy atom. The van der Waals surface area contributed by atoms with E-state index in [9.17, 15) is 9.59 Å². The largest absolute Gasteiger partial charge is 0.447 e. The molecule has 1 aromatic rings. The van der Waals surface area contributed by atoms with Crippen LogP contribution in [0.15, 0.2) is 35.2 Å². The summed E-state index contributed by atoms with van der Waals surface area (Å²) in [5.41, 5.74) is -1.13. The molecular weight excluding hydrogens is 240 g/mol. The van der Waals surface area contributed by atoms with Gasteiger partial charge in [0.1, 0.15) is 0 Å². The highest BCUT2D eigenvalue weighted by Gasteiger charge is 2.44. The molecule has 1 aromatic carbocycles. The lowest BCUT2D eigenvalue weighted by Gasteiger charge is -2.19. The van der Waals surface area contributed by atoms with Gasteiger partial charge in [0.25, 0.3) is 0 Å². The molecule has 1 atom stereocenters. The van der Waals surface area contributed by atoms with Crippen LogP contribution in [0.3, 0.4) is 0 Å². The highest BCUT2D eigenvalue weighted by atomic mass is 32.2. The van der Waals surface area contributed by atoms with Gasteiger partial charge in [0, 0.05) is 17.7 Å². The number of cyclic esters (lactones) is 1. The van der Waals surface area contributed by atoms with Crippen molar-refractivity contribution in [3.8, 4) is 0 Å². The van der Waals surface area contributed by atoms with Crippen LogP contribution < -0.4 is 0 Å². The van der Waals surface area contributed by atoms with Crippen molar-refractivity contribution in [1.29, 1.82) is 0 Å². The summed E-state index contributed by atoms with van der Waals surface area (Å²) < 4.78 is 10.0. The zero-order valence-electron chi connectivity index (χ0n) is 9.34. The van der Waals surface area contributed by atoms with E-state index in [1.807, 2.05) is 30.3 Å². The molecule has 0 saturated carbocycles. The fraction of sp³-hybridized carbons (Fsp3) is 0.333. The van der Waals surface area contributed by atoms with Crippen LogP contribution in [0.5, 0.6) is 0 Å². The van der Waals surface area contributed by atoms with Crippen molar-refractivity contribution in [2.24, 2.45) is 0 Å². The minimum atomic E-state index is -1.13. The predicted octanol–water partition coefficient (Wildman–Crippen LogP) is 2.33. The van der Waals surface area contributed by atoms with E-state index in [-0.39, 0.29) is 12.4 Å². The first-order chi connectivity index (χ1) is 8.10. The Labute approximate surface area is 103 Å². The van der Waals surface area contributed by atoms with Gasteiger partial charge in [-0.05, 0) is 19.1 Å². The van der Waals surface area contributed by atoms with Crippen molar-refractivity contribution in [3.05, 3.63) is 30.3 Å². The summed E-state index contributed by atoms with van der Waals surface area (Å²) in [6.45, 7) is 1.58. The maximum atomic E-state index is 11.8. The zero-order valence-corrected chi connectivity index (χ0v) is 10.2. The maximum Gasteiger partial charge on any atom is 0.362 e. The highest BCUT2D eigenvalue weighted by molar-refractivity contribution is 7.95. The molecule has 0 N–H and O–H groups in total. The predicted molar refractivity (Wildman–Crippen MR) is 62.1 cm³/mol. The van der Waals surface area contributed by atoms with Gasteiger partial charge in [-0.15, -0.1) is 0 Å². The quantitative estimate of drug-likeness (QED) is 0.610. The molecule has 5 heteroatoms. The fourth-order valence-corrected chi connectivity index (χ4v) is 2.10. The number of carbonyl (C=O) groups excluding carboxylic acids is 2. The maximum absolute atomic E-state index is 11.8. The van der Waals surface area contributed by atoms with E-state index in [2.05, 4.69) is 0 Å². The van der Waals surface area contributed by atoms with Crippen molar-refractivity contribution in [2.45, 2.75) is 30.3 Å². The molecule has 1 aliphatic rings. The molecule has 17 heavy (non-hydrogen) atoms. The lowest BCUT2D eigenvalue weighted by Crippen LogP contribution is -2.35. The van der Waals surface area contributed by atoms with Gasteiger partial charge in [0.15, 0.2) is 0 Å². The van der Waals surface area contributed by atoms with Crippen molar-refractivity contribution in [1.82, 2.24) is 0 Å². The van der Waals surface area contributed by atoms with E-state index in [4.69, 9.17) is 8.92 Å². The van der Waals surface area contributed by atoms with Crippen molar-refractivity contribution < 1.29 is 18.5 Å². The molecule has 0 radical (unpaired) electrons. The van der Waals surface area contributed by atoms with Crippen LogP contribution in [-0.2, 0) is 18.5 Å². The highest BCUT2D eigenvalue weighted by Crippen LogP contribution is 2.30. The monoisotopic (exact) mass is 252 g/mol. The van der Waals surface area contributed by atoms with E-state index in [1.54, 1.807) is 6.92 Å². The summed E-state index contributed by atoms with van der Waals surface area (Å²) in [7, 11) is 0. The van der Waals surface area contributed by atoms with Crippen LogP contribution in [0.1, 0.15) is 19.8 Å². The number of carbonyl (C=O) groups is 2. The third kappa shape index (κ3) is 2.79. The van der Waals surface area contributed by atoms with Crippen LogP contribution in [0, 0.1) is 0 Å². The van der Waals surface area contributed by atoms with Gasteiger partial charge in [-0.25, -0.2) is 4.79 Å². The van der Waals surface area contributed by atoms with E-state index >= 15 is 0 Å². The smallest absolute Gasteiger partial charge is 0.362 e. The third-order valence-electron chi connectivity index (χ3n) is 2.53. The Morgan fingerprint density at radius 2 is 2.12 bits per heavy atom. The molecule has 1 heterocycles. The van der Waals surface area contributed by atoms with E-state index in [0.717, 1.165) is 16.9 Å². The first kappa shape index (κ1) is 12.0. The lowest BCUT2D eigenvalue weighted by atomic mass is 10.0. The first-order valence-electron chi connectivity index (χ1n) is 5.26. The number of hydrogen-bond acceptors (Lipinski definition) is 5. The average molecular weight is 252 g/mol. The topological polar surface area (TPSA) is 52.6 Å². The minimum absolute atomic E-state index is 0.265. The molecule has 90 valence electrons. The van der Waals surface area contributed by atoms with Crippen LogP contribution in [0.25, 0.3) is 0 Å². The number of esters is 1. The number of ether oxygens (including phenoxy) is 1. The molecule has 2 rings (SSSR count). The number of benzene rings is 1. The molecule has 0 bridgehead atoms. The van der Waals surface area contributed by atoms with Gasteiger partial charge in [0.2, 0.25) is 5.60 Å². The molecule has 4 nitrogen and oxygen atoms in total. The Hall–Kier alpha value is -1.49. The second-order valence-electron chi connectivity index (χ2n) is 3.97. The van der Waals surface area contributed by atoms with Crippen molar-refractivity contribution >= 4 is 24.0 Å². The van der Waals surface area contributed by atoms with Crippen LogP contribution >= 0.6 is 12.0 Å². The molecular formula is C12H12O4S. The number of hydrogen-bond donors (Lipinski definition) is 0. The Morgan fingerprint density at radius 3 is 2.71 bits per heavy atom. The standard InChI is InChI=1S/C12H12O4S/c1-12(8-7-10(13)15-12)11(14)16-17-9-5-3-2-4-6-9/h2-6H,7-8H2,1H3.